The van der Waals surface area contributed by atoms with Crippen molar-refractivity contribution in [1.29, 1.82) is 0 Å². The first-order valence-corrected chi connectivity index (χ1v) is 6.54. The summed E-state index contributed by atoms with van der Waals surface area (Å²) in [6, 6.07) is 0. The van der Waals surface area contributed by atoms with Crippen LogP contribution in [0.25, 0.3) is 0 Å². The molecule has 1 N–H and O–H groups in total. The number of nitrogens with zero attached hydrogens (tertiary/aromatic N) is 2. The molecule has 1 saturated carbocycles. The highest BCUT2D eigenvalue weighted by atomic mass is 35.5. The molecular weight excluding hydrogens is 236 g/mol. The van der Waals surface area contributed by atoms with Gasteiger partial charge in [-0.3, -0.25) is 4.68 Å². The van der Waals surface area contributed by atoms with Crippen LogP contribution in [0.15, 0.2) is 6.20 Å². The molecule has 3 nitrogen and oxygen atoms in total. The second-order valence-electron chi connectivity index (χ2n) is 6.16. The van der Waals surface area contributed by atoms with Gasteiger partial charge in [-0.15, -0.1) is 0 Å². The Balaban J connectivity index is 2.38. The maximum absolute atomic E-state index is 10.9. The summed E-state index contributed by atoms with van der Waals surface area (Å²) in [5.41, 5.74) is 0.233. The van der Waals surface area contributed by atoms with Gasteiger partial charge in [0.15, 0.2) is 0 Å². The standard InChI is InChI=1S/C13H21ClN2O/c1-9-7-12(2,3)5-6-13(9,17)11-10(14)8-15-16(11)4/h8-9,17H,5-7H2,1-4H3. The van der Waals surface area contributed by atoms with Gasteiger partial charge >= 0.3 is 0 Å². The van der Waals surface area contributed by atoms with Crippen molar-refractivity contribution in [1.82, 2.24) is 9.78 Å². The number of rotatable bonds is 1. The molecule has 0 aliphatic heterocycles. The van der Waals surface area contributed by atoms with Gasteiger partial charge in [0.1, 0.15) is 5.60 Å². The van der Waals surface area contributed by atoms with Crippen LogP contribution in [-0.2, 0) is 12.6 Å². The van der Waals surface area contributed by atoms with Crippen molar-refractivity contribution in [2.24, 2.45) is 18.4 Å². The SMILES string of the molecule is CC1CC(C)(C)CCC1(O)c1c(Cl)cnn1C. The van der Waals surface area contributed by atoms with Gasteiger partial charge in [0, 0.05) is 7.05 Å². The monoisotopic (exact) mass is 256 g/mol. The van der Waals surface area contributed by atoms with Gasteiger partial charge in [0.25, 0.3) is 0 Å². The van der Waals surface area contributed by atoms with E-state index < -0.39 is 5.60 Å². The third-order valence-corrected chi connectivity index (χ3v) is 4.44. The number of halogens is 1. The summed E-state index contributed by atoms with van der Waals surface area (Å²) in [6.45, 7) is 6.62. The summed E-state index contributed by atoms with van der Waals surface area (Å²) in [7, 11) is 1.84. The molecule has 0 saturated heterocycles. The Hall–Kier alpha value is -0.540. The average molecular weight is 257 g/mol. The predicted molar refractivity (Wildman–Crippen MR) is 68.9 cm³/mol. The highest BCUT2D eigenvalue weighted by Crippen LogP contribution is 2.49. The minimum atomic E-state index is -0.835. The summed E-state index contributed by atoms with van der Waals surface area (Å²) in [4.78, 5) is 0. The van der Waals surface area contributed by atoms with Crippen molar-refractivity contribution in [3.63, 3.8) is 0 Å². The first-order chi connectivity index (χ1) is 7.76. The molecular formula is C13H21ClN2O. The average Bonchev–Trinajstić information content (AvgIpc) is 2.53. The molecule has 0 aromatic carbocycles. The molecule has 96 valence electrons. The van der Waals surface area contributed by atoms with Crippen LogP contribution in [0.1, 0.15) is 45.7 Å². The van der Waals surface area contributed by atoms with E-state index in [1.54, 1.807) is 10.9 Å². The fourth-order valence-electron chi connectivity index (χ4n) is 3.12. The first-order valence-electron chi connectivity index (χ1n) is 6.17. The van der Waals surface area contributed by atoms with E-state index in [9.17, 15) is 5.11 Å². The first kappa shape index (κ1) is 12.9. The van der Waals surface area contributed by atoms with Gasteiger partial charge < -0.3 is 5.11 Å². The molecule has 1 aromatic rings. The number of hydrogen-bond donors (Lipinski definition) is 1. The Morgan fingerprint density at radius 1 is 1.47 bits per heavy atom. The second kappa shape index (κ2) is 3.99. The van der Waals surface area contributed by atoms with Crippen molar-refractivity contribution in [3.8, 4) is 0 Å². The normalized spacial score (nSPS) is 32.7. The van der Waals surface area contributed by atoms with Gasteiger partial charge in [-0.1, -0.05) is 32.4 Å². The molecule has 17 heavy (non-hydrogen) atoms. The zero-order valence-corrected chi connectivity index (χ0v) is 11.8. The van der Waals surface area contributed by atoms with Crippen molar-refractivity contribution in [2.45, 2.75) is 45.6 Å². The minimum Gasteiger partial charge on any atom is -0.383 e. The molecule has 2 unspecified atom stereocenters. The zero-order chi connectivity index (χ0) is 12.8. The lowest BCUT2D eigenvalue weighted by Crippen LogP contribution is -2.43. The molecule has 1 fully saturated rings. The largest absolute Gasteiger partial charge is 0.383 e. The van der Waals surface area contributed by atoms with Crippen molar-refractivity contribution in [2.75, 3.05) is 0 Å². The Bertz CT molecular complexity index is 408. The summed E-state index contributed by atoms with van der Waals surface area (Å²) >= 11 is 6.16. The molecule has 4 heteroatoms. The quantitative estimate of drug-likeness (QED) is 0.839. The van der Waals surface area contributed by atoms with Crippen LogP contribution >= 0.6 is 11.6 Å². The number of aromatic nitrogens is 2. The minimum absolute atomic E-state index is 0.194. The van der Waals surface area contributed by atoms with E-state index in [1.165, 1.54) is 0 Å². The lowest BCUT2D eigenvalue weighted by atomic mass is 9.64. The Labute approximate surface area is 108 Å². The molecule has 1 aromatic heterocycles. The molecule has 0 spiro atoms. The van der Waals surface area contributed by atoms with E-state index in [1.807, 2.05) is 7.05 Å². The number of aliphatic hydroxyl groups is 1. The maximum atomic E-state index is 10.9. The van der Waals surface area contributed by atoms with Gasteiger partial charge in [0.2, 0.25) is 0 Å². The molecule has 0 radical (unpaired) electrons. The topological polar surface area (TPSA) is 38.1 Å². The molecule has 0 amide bonds. The van der Waals surface area contributed by atoms with Gasteiger partial charge in [-0.2, -0.15) is 5.10 Å². The summed E-state index contributed by atoms with van der Waals surface area (Å²) < 4.78 is 1.71. The van der Waals surface area contributed by atoms with Crippen LogP contribution in [0, 0.1) is 11.3 Å². The van der Waals surface area contributed by atoms with Crippen molar-refractivity contribution < 1.29 is 5.11 Å². The van der Waals surface area contributed by atoms with Gasteiger partial charge in [-0.05, 0) is 30.6 Å². The van der Waals surface area contributed by atoms with E-state index in [4.69, 9.17) is 11.6 Å². The highest BCUT2D eigenvalue weighted by Gasteiger charge is 2.46. The van der Waals surface area contributed by atoms with Gasteiger partial charge in [0.05, 0.1) is 16.9 Å². The van der Waals surface area contributed by atoms with E-state index in [0.717, 1.165) is 25.0 Å². The molecule has 1 aliphatic rings. The van der Waals surface area contributed by atoms with Crippen molar-refractivity contribution in [3.05, 3.63) is 16.9 Å². The van der Waals surface area contributed by atoms with E-state index in [-0.39, 0.29) is 5.92 Å². The summed E-state index contributed by atoms with van der Waals surface area (Å²) in [5, 5.41) is 15.7. The Morgan fingerprint density at radius 2 is 2.12 bits per heavy atom. The van der Waals surface area contributed by atoms with Crippen LogP contribution in [-0.4, -0.2) is 14.9 Å². The third-order valence-electron chi connectivity index (χ3n) is 4.16. The lowest BCUT2D eigenvalue weighted by Gasteiger charge is -2.45. The second-order valence-corrected chi connectivity index (χ2v) is 6.57. The fraction of sp³-hybridized carbons (Fsp3) is 0.769. The number of hydrogen-bond acceptors (Lipinski definition) is 2. The molecule has 2 atom stereocenters. The van der Waals surface area contributed by atoms with Crippen LogP contribution in [0.4, 0.5) is 0 Å². The Morgan fingerprint density at radius 3 is 2.59 bits per heavy atom. The maximum Gasteiger partial charge on any atom is 0.110 e. The van der Waals surface area contributed by atoms with Crippen LogP contribution in [0.5, 0.6) is 0 Å². The predicted octanol–water partition coefficient (Wildman–Crippen LogP) is 3.11. The molecule has 0 bridgehead atoms. The molecule has 2 rings (SSSR count). The highest BCUT2D eigenvalue weighted by molar-refractivity contribution is 6.31. The summed E-state index contributed by atoms with van der Waals surface area (Å²) in [5.74, 6) is 0.194. The lowest BCUT2D eigenvalue weighted by molar-refractivity contribution is -0.0823. The zero-order valence-electron chi connectivity index (χ0n) is 11.0. The smallest absolute Gasteiger partial charge is 0.110 e. The van der Waals surface area contributed by atoms with E-state index in [0.29, 0.717) is 10.4 Å². The van der Waals surface area contributed by atoms with Gasteiger partial charge in [-0.25, -0.2) is 0 Å². The van der Waals surface area contributed by atoms with Crippen LogP contribution < -0.4 is 0 Å². The van der Waals surface area contributed by atoms with E-state index in [2.05, 4.69) is 25.9 Å². The summed E-state index contributed by atoms with van der Waals surface area (Å²) in [6.07, 6.45) is 4.38. The Kier molecular flexibility index (Phi) is 3.03. The third kappa shape index (κ3) is 2.11. The van der Waals surface area contributed by atoms with Crippen LogP contribution in [0.3, 0.4) is 0 Å². The number of aryl methyl sites for hydroxylation is 1. The van der Waals surface area contributed by atoms with E-state index >= 15 is 0 Å². The fourth-order valence-corrected chi connectivity index (χ4v) is 3.45. The van der Waals surface area contributed by atoms with Crippen LogP contribution in [0.2, 0.25) is 5.02 Å². The molecule has 1 aliphatic carbocycles. The van der Waals surface area contributed by atoms with Crippen molar-refractivity contribution >= 4 is 11.6 Å². The molecule has 1 heterocycles.